The van der Waals surface area contributed by atoms with E-state index >= 15 is 0 Å². The highest BCUT2D eigenvalue weighted by Gasteiger charge is 2.31. The molecule has 2 aromatic carbocycles. The van der Waals surface area contributed by atoms with Crippen molar-refractivity contribution in [3.05, 3.63) is 107 Å². The zero-order valence-electron chi connectivity index (χ0n) is 22.8. The van der Waals surface area contributed by atoms with Crippen LogP contribution in [0.5, 0.6) is 0 Å². The topological polar surface area (TPSA) is 23.6 Å². The molecule has 0 spiro atoms. The van der Waals surface area contributed by atoms with E-state index < -0.39 is 0 Å². The van der Waals surface area contributed by atoms with Crippen molar-refractivity contribution in [1.82, 2.24) is 9.80 Å². The van der Waals surface area contributed by atoms with Crippen LogP contribution < -0.4 is 0 Å². The summed E-state index contributed by atoms with van der Waals surface area (Å²) in [5.41, 5.74) is 2.40. The number of piperazine rings is 1. The number of allylic oxidation sites excluding steroid dienone is 4. The molecule has 1 heterocycles. The lowest BCUT2D eigenvalue weighted by molar-refractivity contribution is -0.133. The Hall–Kier alpha value is -3.00. The van der Waals surface area contributed by atoms with Crippen LogP contribution in [-0.4, -0.2) is 54.2 Å². The van der Waals surface area contributed by atoms with Crippen LogP contribution in [0.1, 0.15) is 44.2 Å². The van der Waals surface area contributed by atoms with Gasteiger partial charge in [-0.05, 0) is 42.1 Å². The van der Waals surface area contributed by atoms with E-state index in [0.717, 1.165) is 26.2 Å². The van der Waals surface area contributed by atoms with Gasteiger partial charge < -0.3 is 4.90 Å². The minimum atomic E-state index is 0.0820. The number of hydrogen-bond acceptors (Lipinski definition) is 3. The molecule has 0 aromatic heterocycles. The molecule has 4 heteroatoms. The van der Waals surface area contributed by atoms with Crippen LogP contribution in [-0.2, 0) is 4.79 Å². The van der Waals surface area contributed by atoms with Gasteiger partial charge in [-0.15, -0.1) is 24.6 Å². The van der Waals surface area contributed by atoms with E-state index in [1.807, 2.05) is 30.8 Å². The Morgan fingerprint density at radius 2 is 1.46 bits per heavy atom. The van der Waals surface area contributed by atoms with Gasteiger partial charge in [0.25, 0.3) is 0 Å². The van der Waals surface area contributed by atoms with E-state index in [-0.39, 0.29) is 11.8 Å². The number of nitrogens with zero attached hydrogens (tertiary/aromatic N) is 2. The Balaban J connectivity index is 0.00000235. The van der Waals surface area contributed by atoms with Crippen molar-refractivity contribution in [3.63, 3.8) is 0 Å². The van der Waals surface area contributed by atoms with Crippen LogP contribution in [0.3, 0.4) is 0 Å². The zero-order valence-corrected chi connectivity index (χ0v) is 23.6. The maximum Gasteiger partial charge on any atom is 0.223 e. The van der Waals surface area contributed by atoms with E-state index in [4.69, 9.17) is 0 Å². The maximum absolute atomic E-state index is 13.5. The minimum Gasteiger partial charge on any atom is -0.340 e. The molecule has 196 valence electrons. The normalized spacial score (nSPS) is 16.5. The number of rotatable bonds is 10. The number of hydrogen-bond donors (Lipinski definition) is 0. The average molecular weight is 515 g/mol. The van der Waals surface area contributed by atoms with E-state index in [1.54, 1.807) is 0 Å². The quantitative estimate of drug-likeness (QED) is 0.252. The molecule has 0 bridgehead atoms. The summed E-state index contributed by atoms with van der Waals surface area (Å²) in [5, 5.41) is 0. The number of thioether (sulfide) groups is 1. The predicted molar refractivity (Wildman–Crippen MR) is 162 cm³/mol. The van der Waals surface area contributed by atoms with Gasteiger partial charge in [-0.3, -0.25) is 9.69 Å². The lowest BCUT2D eigenvalue weighted by atomic mass is 9.88. The molecular formula is C33H42N2OS. The van der Waals surface area contributed by atoms with Crippen molar-refractivity contribution in [2.75, 3.05) is 32.4 Å². The highest BCUT2D eigenvalue weighted by molar-refractivity contribution is 8.02. The molecule has 2 atom stereocenters. The molecule has 0 radical (unpaired) electrons. The summed E-state index contributed by atoms with van der Waals surface area (Å²) in [7, 11) is 0. The third-order valence-corrected chi connectivity index (χ3v) is 7.82. The first-order valence-electron chi connectivity index (χ1n) is 13.0. The largest absolute Gasteiger partial charge is 0.340 e. The van der Waals surface area contributed by atoms with Crippen molar-refractivity contribution in [2.45, 2.75) is 39.2 Å². The predicted octanol–water partition coefficient (Wildman–Crippen LogP) is 7.01. The van der Waals surface area contributed by atoms with Gasteiger partial charge >= 0.3 is 0 Å². The Labute approximate surface area is 229 Å². The molecule has 37 heavy (non-hydrogen) atoms. The summed E-state index contributed by atoms with van der Waals surface area (Å²) in [6, 6.07) is 21.2. The van der Waals surface area contributed by atoms with Crippen LogP contribution in [0, 0.1) is 18.8 Å². The summed E-state index contributed by atoms with van der Waals surface area (Å²) in [5.74, 6) is 0.724. The first-order chi connectivity index (χ1) is 18.1. The monoisotopic (exact) mass is 514 g/mol. The molecule has 1 saturated heterocycles. The van der Waals surface area contributed by atoms with Gasteiger partial charge in [0.2, 0.25) is 5.91 Å². The Morgan fingerprint density at radius 3 is 1.92 bits per heavy atom. The van der Waals surface area contributed by atoms with Crippen molar-refractivity contribution in [1.29, 1.82) is 0 Å². The SMILES string of the molecule is C#C.CC=C(SC)C(C(C)C=C/C=C\C)N1CCN(C(=O)CC(c2ccccc2)c2ccccc2)CC1. The summed E-state index contributed by atoms with van der Waals surface area (Å²) in [4.78, 5) is 19.5. The third kappa shape index (κ3) is 8.81. The molecule has 3 rings (SSSR count). The fraction of sp³-hybridized carbons (Fsp3) is 0.364. The van der Waals surface area contributed by atoms with Crippen molar-refractivity contribution in [3.8, 4) is 12.8 Å². The third-order valence-electron chi connectivity index (χ3n) is 6.87. The molecule has 0 saturated carbocycles. The van der Waals surface area contributed by atoms with E-state index in [9.17, 15) is 4.79 Å². The first kappa shape index (κ1) is 30.2. The lowest BCUT2D eigenvalue weighted by Crippen LogP contribution is -2.53. The van der Waals surface area contributed by atoms with Gasteiger partial charge in [0.05, 0.1) is 0 Å². The highest BCUT2D eigenvalue weighted by atomic mass is 32.2. The van der Waals surface area contributed by atoms with Gasteiger partial charge in [-0.1, -0.05) is 98.0 Å². The highest BCUT2D eigenvalue weighted by Crippen LogP contribution is 2.31. The van der Waals surface area contributed by atoms with Gasteiger partial charge in [0, 0.05) is 44.6 Å². The molecule has 1 aliphatic heterocycles. The van der Waals surface area contributed by atoms with Crippen molar-refractivity contribution >= 4 is 17.7 Å². The molecule has 1 amide bonds. The van der Waals surface area contributed by atoms with E-state index in [1.165, 1.54) is 16.0 Å². The maximum atomic E-state index is 13.5. The molecule has 2 aromatic rings. The Morgan fingerprint density at radius 1 is 0.919 bits per heavy atom. The number of benzene rings is 2. The fourth-order valence-corrected chi connectivity index (χ4v) is 5.83. The summed E-state index contributed by atoms with van der Waals surface area (Å²) < 4.78 is 0. The van der Waals surface area contributed by atoms with Crippen LogP contribution in [0.4, 0.5) is 0 Å². The smallest absolute Gasteiger partial charge is 0.223 e. The molecular weight excluding hydrogens is 472 g/mol. The zero-order chi connectivity index (χ0) is 27.0. The van der Waals surface area contributed by atoms with E-state index in [0.29, 0.717) is 18.4 Å². The van der Waals surface area contributed by atoms with Crippen LogP contribution in [0.2, 0.25) is 0 Å². The van der Waals surface area contributed by atoms with Crippen LogP contribution in [0.25, 0.3) is 0 Å². The van der Waals surface area contributed by atoms with Crippen molar-refractivity contribution in [2.24, 2.45) is 5.92 Å². The number of carbonyl (C=O) groups excluding carboxylic acids is 1. The second kappa shape index (κ2) is 16.7. The van der Waals surface area contributed by atoms with E-state index in [2.05, 4.69) is 122 Å². The number of carbonyl (C=O) groups is 1. The van der Waals surface area contributed by atoms with Crippen LogP contribution >= 0.6 is 11.8 Å². The second-order valence-corrected chi connectivity index (χ2v) is 9.98. The molecule has 0 N–H and O–H groups in total. The number of terminal acetylenes is 1. The summed E-state index contributed by atoms with van der Waals surface area (Å²) >= 11 is 1.84. The Kier molecular flexibility index (Phi) is 13.6. The number of amides is 1. The molecule has 3 nitrogen and oxygen atoms in total. The fourth-order valence-electron chi connectivity index (χ4n) is 4.99. The minimum absolute atomic E-state index is 0.0820. The molecule has 2 unspecified atom stereocenters. The summed E-state index contributed by atoms with van der Waals surface area (Å²) in [6.45, 7) is 9.84. The van der Waals surface area contributed by atoms with Crippen molar-refractivity contribution < 1.29 is 4.79 Å². The average Bonchev–Trinajstić information content (AvgIpc) is 2.96. The summed E-state index contributed by atoms with van der Waals surface area (Å²) in [6.07, 6.45) is 21.5. The first-order valence-corrected chi connectivity index (χ1v) is 14.3. The second-order valence-electron chi connectivity index (χ2n) is 9.10. The van der Waals surface area contributed by atoms with Gasteiger partial charge in [0.15, 0.2) is 0 Å². The van der Waals surface area contributed by atoms with Crippen LogP contribution in [0.15, 0.2) is 95.9 Å². The molecule has 1 fully saturated rings. The lowest BCUT2D eigenvalue weighted by Gasteiger charge is -2.42. The molecule has 1 aliphatic rings. The van der Waals surface area contributed by atoms with Gasteiger partial charge in [0.1, 0.15) is 0 Å². The standard InChI is InChI=1S/C31H40N2OS.C2H2/c1-5-7-10-15-25(3)31(29(6-2)35-4)33-22-20-32(21-23-33)30(34)24-28(26-16-11-8-12-17-26)27-18-13-9-14-19-27;1-2/h5-19,25,28,31H,20-24H2,1-4H3;1-2H/b7-5-,15-10?,29-6?;. The van der Waals surface area contributed by atoms with Gasteiger partial charge in [-0.25, -0.2) is 0 Å². The molecule has 0 aliphatic carbocycles. The van der Waals surface area contributed by atoms with Gasteiger partial charge in [-0.2, -0.15) is 0 Å². The Bertz CT molecular complexity index is 994.